The number of nitrogens with two attached hydrogens (primary N) is 1. The van der Waals surface area contributed by atoms with Gasteiger partial charge in [0.2, 0.25) is 11.6 Å². The molecule has 5 aromatic rings. The minimum absolute atomic E-state index is 0.0166. The minimum Gasteiger partial charge on any atom is -0.497 e. The fourth-order valence-electron chi connectivity index (χ4n) is 3.75. The molecule has 1 amide bonds. The zero-order chi connectivity index (χ0) is 25.1. The van der Waals surface area contributed by atoms with E-state index in [1.807, 2.05) is 36.4 Å². The number of hydrogen-bond donors (Lipinski definition) is 2. The zero-order valence-electron chi connectivity index (χ0n) is 19.2. The normalized spacial score (nSPS) is 11.2. The molecule has 0 aliphatic heterocycles. The average Bonchev–Trinajstić information content (AvgIpc) is 3.54. The first-order chi connectivity index (χ1) is 17.6. The number of carbonyl (C=O) groups excluding carboxylic acids is 1. The molecular weight excluding hydrogens is 464 g/mol. The number of benzene rings is 3. The number of nitrogens with zero attached hydrogens (tertiary/aromatic N) is 6. The highest BCUT2D eigenvalue weighted by Gasteiger charge is 2.25. The molecule has 0 atom stereocenters. The van der Waals surface area contributed by atoms with Gasteiger partial charge in [-0.05, 0) is 39.3 Å². The predicted octanol–water partition coefficient (Wildman–Crippen LogP) is 2.83. The number of rotatable bonds is 7. The molecule has 0 spiro atoms. The molecule has 12 heteroatoms. The fraction of sp³-hybridized carbons (Fsp3) is 0.0833. The van der Waals surface area contributed by atoms with Gasteiger partial charge < -0.3 is 15.2 Å². The number of nitrogen functional groups attached to an aromatic ring is 1. The quantitative estimate of drug-likeness (QED) is 0.262. The number of carbonyl (C=O) groups is 1. The van der Waals surface area contributed by atoms with Gasteiger partial charge in [0.15, 0.2) is 5.69 Å². The van der Waals surface area contributed by atoms with Crippen LogP contribution in [-0.2, 0) is 0 Å². The first kappa shape index (κ1) is 22.5. The number of anilines is 1. The molecule has 3 N–H and O–H groups in total. The molecule has 0 aliphatic rings. The lowest BCUT2D eigenvalue weighted by molar-refractivity contribution is 0.0950. The van der Waals surface area contributed by atoms with Crippen molar-refractivity contribution in [3.8, 4) is 28.6 Å². The monoisotopic (exact) mass is 484 g/mol. The Morgan fingerprint density at radius 2 is 1.94 bits per heavy atom. The van der Waals surface area contributed by atoms with Crippen molar-refractivity contribution in [2.75, 3.05) is 20.0 Å². The first-order valence-corrected chi connectivity index (χ1v) is 10.7. The standard InChI is InChI=1S/C24H20N8O4/c1-34-16-8-5-7-15(12-16)21-20(27-31-32(21)23-22(25)29-36-30-23)24(33)28-26-13-18-17-9-4-3-6-14(17)10-11-19(18)35-2/h3-13H,1-2H3,(H2,25,29)(H,28,33)/b26-13+. The van der Waals surface area contributed by atoms with Crippen LogP contribution in [0.25, 0.3) is 27.8 Å². The maximum absolute atomic E-state index is 13.2. The molecule has 0 radical (unpaired) electrons. The van der Waals surface area contributed by atoms with Crippen molar-refractivity contribution in [3.05, 3.63) is 71.9 Å². The highest BCUT2D eigenvalue weighted by Crippen LogP contribution is 2.29. The maximum atomic E-state index is 13.2. The lowest BCUT2D eigenvalue weighted by Gasteiger charge is -2.09. The Hall–Kier alpha value is -5.26. The number of amides is 1. The first-order valence-electron chi connectivity index (χ1n) is 10.7. The third-order valence-electron chi connectivity index (χ3n) is 5.44. The Bertz CT molecular complexity index is 1590. The van der Waals surface area contributed by atoms with Crippen molar-refractivity contribution in [1.29, 1.82) is 0 Å². The lowest BCUT2D eigenvalue weighted by Crippen LogP contribution is -2.19. The van der Waals surface area contributed by atoms with Gasteiger partial charge in [-0.1, -0.05) is 47.7 Å². The van der Waals surface area contributed by atoms with Gasteiger partial charge >= 0.3 is 0 Å². The van der Waals surface area contributed by atoms with Crippen LogP contribution in [0.15, 0.2) is 70.4 Å². The van der Waals surface area contributed by atoms with Crippen molar-refractivity contribution >= 4 is 28.7 Å². The molecule has 36 heavy (non-hydrogen) atoms. The van der Waals surface area contributed by atoms with E-state index in [0.717, 1.165) is 10.8 Å². The number of ether oxygens (including phenoxy) is 2. The van der Waals surface area contributed by atoms with Gasteiger partial charge in [0.1, 0.15) is 17.2 Å². The highest BCUT2D eigenvalue weighted by molar-refractivity contribution is 6.03. The van der Waals surface area contributed by atoms with E-state index in [0.29, 0.717) is 28.3 Å². The second-order valence-corrected chi connectivity index (χ2v) is 7.51. The molecule has 0 fully saturated rings. The Morgan fingerprint density at radius 1 is 1.08 bits per heavy atom. The second-order valence-electron chi connectivity index (χ2n) is 7.51. The van der Waals surface area contributed by atoms with E-state index in [1.165, 1.54) is 18.0 Å². The number of hydrazone groups is 1. The Kier molecular flexibility index (Phi) is 5.97. The number of fused-ring (bicyclic) bond motifs is 1. The van der Waals surface area contributed by atoms with Gasteiger partial charge in [-0.2, -0.15) is 9.78 Å². The van der Waals surface area contributed by atoms with Crippen molar-refractivity contribution in [1.82, 2.24) is 30.7 Å². The number of hydrogen-bond acceptors (Lipinski definition) is 10. The van der Waals surface area contributed by atoms with Crippen LogP contribution in [0.5, 0.6) is 11.5 Å². The van der Waals surface area contributed by atoms with Crippen LogP contribution in [0.4, 0.5) is 5.82 Å². The molecule has 0 aliphatic carbocycles. The van der Waals surface area contributed by atoms with Crippen LogP contribution in [0.1, 0.15) is 16.1 Å². The topological polar surface area (TPSA) is 156 Å². The summed E-state index contributed by atoms with van der Waals surface area (Å²) in [5.74, 6) is 0.646. The highest BCUT2D eigenvalue weighted by atomic mass is 16.6. The third kappa shape index (κ3) is 4.07. The summed E-state index contributed by atoms with van der Waals surface area (Å²) in [5, 5.41) is 21.6. The van der Waals surface area contributed by atoms with Crippen molar-refractivity contribution < 1.29 is 18.9 Å². The van der Waals surface area contributed by atoms with Crippen LogP contribution < -0.4 is 20.6 Å². The molecule has 3 aromatic carbocycles. The molecule has 0 saturated heterocycles. The molecule has 2 aromatic heterocycles. The average molecular weight is 484 g/mol. The van der Waals surface area contributed by atoms with Gasteiger partial charge in [-0.3, -0.25) is 4.79 Å². The van der Waals surface area contributed by atoms with Crippen molar-refractivity contribution in [3.63, 3.8) is 0 Å². The van der Waals surface area contributed by atoms with E-state index >= 15 is 0 Å². The Balaban J connectivity index is 1.52. The number of nitrogens with one attached hydrogen (secondary N) is 1. The van der Waals surface area contributed by atoms with Gasteiger partial charge in [-0.25, -0.2) is 10.1 Å². The van der Waals surface area contributed by atoms with Crippen LogP contribution in [0, 0.1) is 0 Å². The smallest absolute Gasteiger partial charge is 0.294 e. The van der Waals surface area contributed by atoms with Crippen LogP contribution in [-0.4, -0.2) is 51.6 Å². The summed E-state index contributed by atoms with van der Waals surface area (Å²) < 4.78 is 16.8. The fourth-order valence-corrected chi connectivity index (χ4v) is 3.75. The lowest BCUT2D eigenvalue weighted by atomic mass is 10.0. The summed E-state index contributed by atoms with van der Waals surface area (Å²) in [6.07, 6.45) is 1.52. The summed E-state index contributed by atoms with van der Waals surface area (Å²) in [5.41, 5.74) is 9.94. The van der Waals surface area contributed by atoms with Gasteiger partial charge in [-0.15, -0.1) is 5.10 Å². The van der Waals surface area contributed by atoms with Gasteiger partial charge in [0.05, 0.1) is 20.4 Å². The maximum Gasteiger partial charge on any atom is 0.294 e. The summed E-state index contributed by atoms with van der Waals surface area (Å²) >= 11 is 0. The van der Waals surface area contributed by atoms with Crippen molar-refractivity contribution in [2.24, 2.45) is 5.10 Å². The number of methoxy groups -OCH3 is 2. The van der Waals surface area contributed by atoms with Gasteiger partial charge in [0.25, 0.3) is 5.91 Å². The van der Waals surface area contributed by atoms with E-state index in [1.54, 1.807) is 31.4 Å². The van der Waals surface area contributed by atoms with Crippen molar-refractivity contribution in [2.45, 2.75) is 0 Å². The van der Waals surface area contributed by atoms with E-state index in [4.69, 9.17) is 19.8 Å². The van der Waals surface area contributed by atoms with Crippen LogP contribution in [0.2, 0.25) is 0 Å². The summed E-state index contributed by atoms with van der Waals surface area (Å²) in [6, 6.07) is 18.6. The SMILES string of the molecule is COc1cccc(-c2c(C(=O)N/N=C/c3c(OC)ccc4ccccc34)nnn2-c2nonc2N)c1. The Labute approximate surface area is 204 Å². The molecule has 12 nitrogen and oxygen atoms in total. The predicted molar refractivity (Wildman–Crippen MR) is 131 cm³/mol. The third-order valence-corrected chi connectivity index (χ3v) is 5.44. The Morgan fingerprint density at radius 3 is 2.72 bits per heavy atom. The molecule has 0 saturated carbocycles. The van der Waals surface area contributed by atoms with Crippen LogP contribution in [0.3, 0.4) is 0 Å². The largest absolute Gasteiger partial charge is 0.497 e. The zero-order valence-corrected chi connectivity index (χ0v) is 19.2. The molecule has 0 bridgehead atoms. The number of aromatic nitrogens is 5. The molecule has 0 unspecified atom stereocenters. The second kappa shape index (κ2) is 9.54. The van der Waals surface area contributed by atoms with Gasteiger partial charge in [0, 0.05) is 11.1 Å². The molecular formula is C24H20N8O4. The van der Waals surface area contributed by atoms with E-state index in [2.05, 4.69) is 31.2 Å². The molecule has 2 heterocycles. The van der Waals surface area contributed by atoms with Crippen LogP contribution >= 0.6 is 0 Å². The minimum atomic E-state index is -0.607. The molecule has 180 valence electrons. The molecule has 5 rings (SSSR count). The summed E-state index contributed by atoms with van der Waals surface area (Å²) in [4.78, 5) is 13.2. The van der Waals surface area contributed by atoms with E-state index in [9.17, 15) is 4.79 Å². The summed E-state index contributed by atoms with van der Waals surface area (Å²) in [6.45, 7) is 0. The van der Waals surface area contributed by atoms with E-state index < -0.39 is 5.91 Å². The summed E-state index contributed by atoms with van der Waals surface area (Å²) in [7, 11) is 3.11. The van der Waals surface area contributed by atoms with E-state index in [-0.39, 0.29) is 17.3 Å².